The van der Waals surface area contributed by atoms with Gasteiger partial charge in [-0.05, 0) is 24.1 Å². The number of aromatic nitrogens is 1. The number of aryl methyl sites for hydroxylation is 1. The molecule has 0 aliphatic rings. The first-order chi connectivity index (χ1) is 14.5. The van der Waals surface area contributed by atoms with Gasteiger partial charge in [0.15, 0.2) is 11.0 Å². The van der Waals surface area contributed by atoms with E-state index in [0.717, 1.165) is 0 Å². The summed E-state index contributed by atoms with van der Waals surface area (Å²) in [6, 6.07) is 13.2. The summed E-state index contributed by atoms with van der Waals surface area (Å²) in [6.07, 6.45) is -2.56. The minimum atomic E-state index is -2.42. The molecule has 0 aliphatic carbocycles. The molecular formula is C22H16F2N2O3S. The highest BCUT2D eigenvalue weighted by molar-refractivity contribution is 7.07. The summed E-state index contributed by atoms with van der Waals surface area (Å²) in [4.78, 5) is 29.1. The van der Waals surface area contributed by atoms with Crippen LogP contribution in [0.5, 0.6) is 0 Å². The Balaban J connectivity index is 1.78. The maximum Gasteiger partial charge on any atom is 0.275 e. The summed E-state index contributed by atoms with van der Waals surface area (Å²) < 4.78 is 31.4. The Morgan fingerprint density at radius 2 is 2.00 bits per heavy atom. The Labute approximate surface area is 174 Å². The standard InChI is InChI=1S/C22H16F2N2O3S/c23-20(24)9-8-13-4-1-2-5-14(13)19-10-18(27)15-6-3-7-16(21(15)29-19)26-22(28)17-11-30-12-25-17/h1-7,10-12,20H,8-9H2,(H,26,28). The Kier molecular flexibility index (Phi) is 5.67. The lowest BCUT2D eigenvalue weighted by Gasteiger charge is -2.11. The lowest BCUT2D eigenvalue weighted by Crippen LogP contribution is -2.13. The fourth-order valence-electron chi connectivity index (χ4n) is 3.16. The fourth-order valence-corrected chi connectivity index (χ4v) is 3.69. The van der Waals surface area contributed by atoms with Crippen LogP contribution in [0.2, 0.25) is 0 Å². The van der Waals surface area contributed by atoms with Crippen LogP contribution >= 0.6 is 11.3 Å². The van der Waals surface area contributed by atoms with Gasteiger partial charge in [-0.15, -0.1) is 11.3 Å². The number of nitrogens with zero attached hydrogens (tertiary/aromatic N) is 1. The molecule has 1 N–H and O–H groups in total. The van der Waals surface area contributed by atoms with E-state index < -0.39 is 12.3 Å². The molecule has 0 saturated carbocycles. The van der Waals surface area contributed by atoms with Crippen molar-refractivity contribution in [3.63, 3.8) is 0 Å². The lowest BCUT2D eigenvalue weighted by molar-refractivity contribution is 0.102. The quantitative estimate of drug-likeness (QED) is 0.450. The van der Waals surface area contributed by atoms with Gasteiger partial charge in [-0.1, -0.05) is 30.3 Å². The van der Waals surface area contributed by atoms with Gasteiger partial charge < -0.3 is 9.73 Å². The predicted octanol–water partition coefficient (Wildman–Crippen LogP) is 5.37. The van der Waals surface area contributed by atoms with Gasteiger partial charge >= 0.3 is 0 Å². The van der Waals surface area contributed by atoms with Crippen molar-refractivity contribution < 1.29 is 18.0 Å². The van der Waals surface area contributed by atoms with Crippen molar-refractivity contribution in [2.45, 2.75) is 19.3 Å². The molecule has 0 fully saturated rings. The molecule has 0 radical (unpaired) electrons. The van der Waals surface area contributed by atoms with Crippen LogP contribution in [0.15, 0.2) is 68.6 Å². The molecule has 0 spiro atoms. The van der Waals surface area contributed by atoms with E-state index in [9.17, 15) is 18.4 Å². The smallest absolute Gasteiger partial charge is 0.275 e. The summed E-state index contributed by atoms with van der Waals surface area (Å²) in [6.45, 7) is 0. The van der Waals surface area contributed by atoms with Gasteiger partial charge in [-0.3, -0.25) is 9.59 Å². The minimum Gasteiger partial charge on any atom is -0.454 e. The van der Waals surface area contributed by atoms with Gasteiger partial charge in [0.2, 0.25) is 6.43 Å². The fraction of sp³-hybridized carbons (Fsp3) is 0.136. The van der Waals surface area contributed by atoms with Crippen LogP contribution in [0.4, 0.5) is 14.5 Å². The number of alkyl halides is 2. The summed E-state index contributed by atoms with van der Waals surface area (Å²) in [7, 11) is 0. The number of anilines is 1. The molecule has 8 heteroatoms. The molecule has 2 heterocycles. The molecule has 1 amide bonds. The molecule has 152 valence electrons. The molecule has 4 aromatic rings. The van der Waals surface area contributed by atoms with E-state index in [2.05, 4.69) is 10.3 Å². The third kappa shape index (κ3) is 4.13. The zero-order valence-corrected chi connectivity index (χ0v) is 16.4. The zero-order chi connectivity index (χ0) is 21.1. The van der Waals surface area contributed by atoms with Gasteiger partial charge in [0.05, 0.1) is 16.6 Å². The molecule has 0 unspecified atom stereocenters. The number of hydrogen-bond acceptors (Lipinski definition) is 5. The number of hydrogen-bond donors (Lipinski definition) is 1. The van der Waals surface area contributed by atoms with Crippen molar-refractivity contribution in [2.75, 3.05) is 5.32 Å². The van der Waals surface area contributed by atoms with Crippen LogP contribution in [0.3, 0.4) is 0 Å². The molecule has 2 aromatic carbocycles. The number of carbonyl (C=O) groups is 1. The number of benzene rings is 2. The number of carbonyl (C=O) groups excluding carboxylic acids is 1. The van der Waals surface area contributed by atoms with Gasteiger partial charge in [-0.2, -0.15) is 0 Å². The van der Waals surface area contributed by atoms with Crippen LogP contribution < -0.4 is 10.7 Å². The average molecular weight is 426 g/mol. The zero-order valence-electron chi connectivity index (χ0n) is 15.6. The Hall–Kier alpha value is -3.39. The first kappa shape index (κ1) is 19.9. The van der Waals surface area contributed by atoms with Crippen LogP contribution in [-0.4, -0.2) is 17.3 Å². The number of para-hydroxylation sites is 1. The molecule has 30 heavy (non-hydrogen) atoms. The van der Waals surface area contributed by atoms with E-state index in [0.29, 0.717) is 22.2 Å². The molecule has 2 aromatic heterocycles. The highest BCUT2D eigenvalue weighted by Crippen LogP contribution is 2.30. The molecular weight excluding hydrogens is 410 g/mol. The maximum atomic E-state index is 12.7. The second kappa shape index (κ2) is 8.54. The second-order valence-electron chi connectivity index (χ2n) is 6.57. The van der Waals surface area contributed by atoms with Crippen LogP contribution in [0.1, 0.15) is 22.5 Å². The molecule has 0 saturated heterocycles. The predicted molar refractivity (Wildman–Crippen MR) is 112 cm³/mol. The Morgan fingerprint density at radius 1 is 1.17 bits per heavy atom. The molecule has 0 bridgehead atoms. The Morgan fingerprint density at radius 3 is 2.77 bits per heavy atom. The van der Waals surface area contributed by atoms with Gasteiger partial charge in [0.1, 0.15) is 11.5 Å². The normalized spacial score (nSPS) is 11.2. The van der Waals surface area contributed by atoms with Crippen LogP contribution in [0.25, 0.3) is 22.3 Å². The maximum absolute atomic E-state index is 12.7. The van der Waals surface area contributed by atoms with Crippen molar-refractivity contribution in [1.29, 1.82) is 0 Å². The first-order valence-corrected chi connectivity index (χ1v) is 10.1. The van der Waals surface area contributed by atoms with E-state index in [1.54, 1.807) is 53.4 Å². The van der Waals surface area contributed by atoms with E-state index in [1.807, 2.05) is 0 Å². The third-order valence-corrected chi connectivity index (χ3v) is 5.17. The van der Waals surface area contributed by atoms with Crippen LogP contribution in [0, 0.1) is 0 Å². The minimum absolute atomic E-state index is 0.151. The van der Waals surface area contributed by atoms with E-state index >= 15 is 0 Å². The topological polar surface area (TPSA) is 72.2 Å². The summed E-state index contributed by atoms with van der Waals surface area (Å²) in [5.41, 5.74) is 3.28. The average Bonchev–Trinajstić information content (AvgIpc) is 3.28. The number of amides is 1. The lowest BCUT2D eigenvalue weighted by atomic mass is 10.0. The largest absolute Gasteiger partial charge is 0.454 e. The number of nitrogens with one attached hydrogen (secondary N) is 1. The van der Waals surface area contributed by atoms with Crippen molar-refractivity contribution in [3.8, 4) is 11.3 Å². The summed E-state index contributed by atoms with van der Waals surface area (Å²) in [5.74, 6) is -0.165. The first-order valence-electron chi connectivity index (χ1n) is 9.16. The monoisotopic (exact) mass is 426 g/mol. The highest BCUT2D eigenvalue weighted by atomic mass is 32.1. The summed E-state index contributed by atoms with van der Waals surface area (Å²) >= 11 is 1.29. The van der Waals surface area contributed by atoms with Gasteiger partial charge in [-0.25, -0.2) is 13.8 Å². The molecule has 0 atom stereocenters. The Bertz CT molecular complexity index is 1250. The highest BCUT2D eigenvalue weighted by Gasteiger charge is 2.16. The van der Waals surface area contributed by atoms with Gasteiger partial charge in [0, 0.05) is 23.4 Å². The van der Waals surface area contributed by atoms with E-state index in [1.165, 1.54) is 17.4 Å². The third-order valence-electron chi connectivity index (χ3n) is 4.58. The van der Waals surface area contributed by atoms with Crippen molar-refractivity contribution >= 4 is 33.9 Å². The number of thiazole rings is 1. The SMILES string of the molecule is O=C(Nc1cccc2c(=O)cc(-c3ccccc3CCC(F)F)oc12)c1cscn1. The van der Waals surface area contributed by atoms with Crippen LogP contribution in [-0.2, 0) is 6.42 Å². The number of halogens is 2. The van der Waals surface area contributed by atoms with Gasteiger partial charge in [0.25, 0.3) is 5.91 Å². The molecule has 4 rings (SSSR count). The van der Waals surface area contributed by atoms with E-state index in [4.69, 9.17) is 4.42 Å². The number of fused-ring (bicyclic) bond motifs is 1. The van der Waals surface area contributed by atoms with E-state index in [-0.39, 0.29) is 35.3 Å². The van der Waals surface area contributed by atoms with Crippen molar-refractivity contribution in [3.05, 3.63) is 80.9 Å². The summed E-state index contributed by atoms with van der Waals surface area (Å²) in [5, 5.41) is 4.64. The molecule has 5 nitrogen and oxygen atoms in total. The molecule has 0 aliphatic heterocycles. The van der Waals surface area contributed by atoms with Crippen molar-refractivity contribution in [2.24, 2.45) is 0 Å². The number of rotatable bonds is 6. The second-order valence-corrected chi connectivity index (χ2v) is 7.29. The van der Waals surface area contributed by atoms with Crippen molar-refractivity contribution in [1.82, 2.24) is 4.98 Å².